The summed E-state index contributed by atoms with van der Waals surface area (Å²) in [5.74, 6) is -0.243. The molecule has 0 aliphatic heterocycles. The van der Waals surface area contributed by atoms with Crippen LogP contribution < -0.4 is 5.73 Å². The van der Waals surface area contributed by atoms with Gasteiger partial charge in [0.15, 0.2) is 5.12 Å². The Morgan fingerprint density at radius 1 is 1.25 bits per heavy atom. The van der Waals surface area contributed by atoms with Gasteiger partial charge in [-0.2, -0.15) is 0 Å². The lowest BCUT2D eigenvalue weighted by Gasteiger charge is -2.17. The predicted molar refractivity (Wildman–Crippen MR) is 81.1 cm³/mol. The minimum absolute atomic E-state index is 0.0174. The fourth-order valence-corrected chi connectivity index (χ4v) is 2.19. The molecule has 0 radical (unpaired) electrons. The molecule has 20 heavy (non-hydrogen) atoms. The Morgan fingerprint density at radius 3 is 2.40 bits per heavy atom. The van der Waals surface area contributed by atoms with Gasteiger partial charge < -0.3 is 10.5 Å². The molecule has 0 saturated heterocycles. The Bertz CT molecular complexity index is 454. The molecule has 0 saturated carbocycles. The molecule has 0 bridgehead atoms. The summed E-state index contributed by atoms with van der Waals surface area (Å²) in [7, 11) is 0. The molecule has 0 heterocycles. The largest absolute Gasteiger partial charge is 0.460 e. The summed E-state index contributed by atoms with van der Waals surface area (Å²) in [6.07, 6.45) is 0. The van der Waals surface area contributed by atoms with E-state index in [-0.39, 0.29) is 17.5 Å². The maximum Gasteiger partial charge on any atom is 0.324 e. The van der Waals surface area contributed by atoms with Crippen LogP contribution in [0.15, 0.2) is 30.3 Å². The van der Waals surface area contributed by atoms with Crippen LogP contribution in [-0.4, -0.2) is 22.9 Å². The van der Waals surface area contributed by atoms with Gasteiger partial charge in [-0.15, -0.1) is 0 Å². The van der Waals surface area contributed by atoms with Crippen molar-refractivity contribution < 1.29 is 14.3 Å². The maximum atomic E-state index is 11.7. The molecule has 1 atom stereocenters. The summed E-state index contributed by atoms with van der Waals surface area (Å²) in [5.41, 5.74) is 6.20. The molecule has 0 aliphatic rings. The Labute approximate surface area is 124 Å². The average molecular weight is 295 g/mol. The molecule has 0 aromatic heterocycles. The molecule has 0 aliphatic carbocycles. The second-order valence-corrected chi connectivity index (χ2v) is 6.54. The van der Waals surface area contributed by atoms with E-state index in [4.69, 9.17) is 10.5 Å². The van der Waals surface area contributed by atoms with E-state index in [1.54, 1.807) is 0 Å². The topological polar surface area (TPSA) is 69.4 Å². The van der Waals surface area contributed by atoms with Crippen LogP contribution in [0.1, 0.15) is 26.3 Å². The highest BCUT2D eigenvalue weighted by Crippen LogP contribution is 2.23. The number of benzene rings is 1. The second-order valence-electron chi connectivity index (χ2n) is 5.55. The van der Waals surface area contributed by atoms with Crippen molar-refractivity contribution in [2.24, 2.45) is 11.1 Å². The molecular formula is C15H21NO3S. The van der Waals surface area contributed by atoms with Gasteiger partial charge in [0.1, 0.15) is 12.6 Å². The van der Waals surface area contributed by atoms with Gasteiger partial charge in [0, 0.05) is 11.2 Å². The molecule has 0 fully saturated rings. The Balaban J connectivity index is 2.35. The van der Waals surface area contributed by atoms with E-state index in [9.17, 15) is 9.59 Å². The monoisotopic (exact) mass is 295 g/mol. The average Bonchev–Trinajstić information content (AvgIpc) is 2.41. The van der Waals surface area contributed by atoms with E-state index in [1.807, 2.05) is 51.1 Å². The van der Waals surface area contributed by atoms with Crippen LogP contribution in [0.3, 0.4) is 0 Å². The van der Waals surface area contributed by atoms with Crippen LogP contribution >= 0.6 is 11.8 Å². The molecule has 0 spiro atoms. The summed E-state index contributed by atoms with van der Waals surface area (Å²) >= 11 is 1.08. The number of esters is 1. The summed E-state index contributed by atoms with van der Waals surface area (Å²) in [6, 6.07) is 8.61. The van der Waals surface area contributed by atoms with Crippen molar-refractivity contribution >= 4 is 22.8 Å². The molecule has 1 aromatic rings. The van der Waals surface area contributed by atoms with Crippen LogP contribution in [0.2, 0.25) is 0 Å². The van der Waals surface area contributed by atoms with Gasteiger partial charge in [-0.25, -0.2) is 0 Å². The predicted octanol–water partition coefficient (Wildman–Crippen LogP) is 2.36. The molecule has 1 aromatic carbocycles. The number of nitrogens with two attached hydrogens (primary N) is 1. The van der Waals surface area contributed by atoms with E-state index in [0.717, 1.165) is 17.3 Å². The number of ether oxygens (including phenoxy) is 1. The van der Waals surface area contributed by atoms with Gasteiger partial charge in [-0.3, -0.25) is 9.59 Å². The van der Waals surface area contributed by atoms with Gasteiger partial charge in [0.05, 0.1) is 0 Å². The SMILES string of the molecule is CC(C)(C)C(=O)SC[C@H](N)C(=O)OCc1ccccc1. The quantitative estimate of drug-likeness (QED) is 0.845. The maximum absolute atomic E-state index is 11.7. The molecular weight excluding hydrogens is 274 g/mol. The van der Waals surface area contributed by atoms with Crippen molar-refractivity contribution in [3.63, 3.8) is 0 Å². The number of hydrogen-bond acceptors (Lipinski definition) is 5. The highest BCUT2D eigenvalue weighted by Gasteiger charge is 2.24. The van der Waals surface area contributed by atoms with Crippen molar-refractivity contribution in [3.05, 3.63) is 35.9 Å². The fraction of sp³-hybridized carbons (Fsp3) is 0.467. The molecule has 2 N–H and O–H groups in total. The fourth-order valence-electron chi connectivity index (χ4n) is 1.29. The number of rotatable bonds is 5. The third kappa shape index (κ3) is 5.75. The number of thioether (sulfide) groups is 1. The molecule has 1 rings (SSSR count). The van der Waals surface area contributed by atoms with Gasteiger partial charge >= 0.3 is 5.97 Å². The Morgan fingerprint density at radius 2 is 1.85 bits per heavy atom. The summed E-state index contributed by atoms with van der Waals surface area (Å²) < 4.78 is 5.12. The van der Waals surface area contributed by atoms with Crippen LogP contribution in [0, 0.1) is 5.41 Å². The minimum atomic E-state index is -0.782. The summed E-state index contributed by atoms with van der Waals surface area (Å²) in [4.78, 5) is 23.4. The summed E-state index contributed by atoms with van der Waals surface area (Å²) in [5, 5.41) is 0.0174. The van der Waals surface area contributed by atoms with Crippen molar-refractivity contribution in [2.45, 2.75) is 33.4 Å². The number of hydrogen-bond donors (Lipinski definition) is 1. The Kier molecular flexibility index (Phi) is 6.23. The van der Waals surface area contributed by atoms with Gasteiger partial charge in [-0.1, -0.05) is 62.9 Å². The molecule has 110 valence electrons. The first kappa shape index (κ1) is 16.7. The van der Waals surface area contributed by atoms with Crippen molar-refractivity contribution in [2.75, 3.05) is 5.75 Å². The van der Waals surface area contributed by atoms with Crippen LogP contribution in [0.5, 0.6) is 0 Å². The van der Waals surface area contributed by atoms with Crippen molar-refractivity contribution in [1.82, 2.24) is 0 Å². The first-order valence-corrected chi connectivity index (χ1v) is 7.42. The Hall–Kier alpha value is -1.33. The van der Waals surface area contributed by atoms with Gasteiger partial charge in [0.25, 0.3) is 0 Å². The highest BCUT2D eigenvalue weighted by molar-refractivity contribution is 8.13. The summed E-state index contributed by atoms with van der Waals surface area (Å²) in [6.45, 7) is 5.70. The van der Waals surface area contributed by atoms with E-state index >= 15 is 0 Å². The molecule has 4 nitrogen and oxygen atoms in total. The van der Waals surface area contributed by atoms with Crippen LogP contribution in [0.4, 0.5) is 0 Å². The second kappa shape index (κ2) is 7.45. The normalized spacial score (nSPS) is 12.8. The zero-order valence-corrected chi connectivity index (χ0v) is 12.9. The lowest BCUT2D eigenvalue weighted by Crippen LogP contribution is -2.35. The van der Waals surface area contributed by atoms with Crippen LogP contribution in [0.25, 0.3) is 0 Å². The van der Waals surface area contributed by atoms with E-state index in [0.29, 0.717) is 0 Å². The van der Waals surface area contributed by atoms with E-state index < -0.39 is 17.4 Å². The standard InChI is InChI=1S/C15H21NO3S/c1-15(2,3)14(18)20-10-12(16)13(17)19-9-11-7-5-4-6-8-11/h4-8,12H,9-10,16H2,1-3H3/t12-/m0/s1. The van der Waals surface area contributed by atoms with E-state index in [1.165, 1.54) is 0 Å². The lowest BCUT2D eigenvalue weighted by molar-refractivity contribution is -0.145. The molecule has 0 unspecified atom stereocenters. The zero-order chi connectivity index (χ0) is 15.2. The van der Waals surface area contributed by atoms with Crippen molar-refractivity contribution in [1.29, 1.82) is 0 Å². The molecule has 5 heteroatoms. The highest BCUT2D eigenvalue weighted by atomic mass is 32.2. The first-order valence-electron chi connectivity index (χ1n) is 6.44. The molecule has 0 amide bonds. The lowest BCUT2D eigenvalue weighted by atomic mass is 10.00. The smallest absolute Gasteiger partial charge is 0.324 e. The van der Waals surface area contributed by atoms with Gasteiger partial charge in [-0.05, 0) is 5.56 Å². The number of carbonyl (C=O) groups is 2. The minimum Gasteiger partial charge on any atom is -0.460 e. The third-order valence-corrected chi connectivity index (χ3v) is 3.93. The van der Waals surface area contributed by atoms with Crippen LogP contribution in [-0.2, 0) is 20.9 Å². The van der Waals surface area contributed by atoms with E-state index in [2.05, 4.69) is 0 Å². The third-order valence-electron chi connectivity index (χ3n) is 2.53. The zero-order valence-electron chi connectivity index (χ0n) is 12.1. The first-order chi connectivity index (χ1) is 9.30. The van der Waals surface area contributed by atoms with Crippen molar-refractivity contribution in [3.8, 4) is 0 Å². The number of carbonyl (C=O) groups excluding carboxylic acids is 2. The van der Waals surface area contributed by atoms with Gasteiger partial charge in [0.2, 0.25) is 0 Å².